The molecule has 31 heavy (non-hydrogen) atoms. The van der Waals surface area contributed by atoms with Crippen LogP contribution in [0.3, 0.4) is 0 Å². The van der Waals surface area contributed by atoms with E-state index in [1.54, 1.807) is 5.56 Å². The molecule has 1 fully saturated rings. The average molecular weight is 409 g/mol. The van der Waals surface area contributed by atoms with Gasteiger partial charge in [-0.2, -0.15) is 0 Å². The zero-order valence-corrected chi connectivity index (χ0v) is 19.4. The van der Waals surface area contributed by atoms with E-state index in [0.717, 1.165) is 30.6 Å². The van der Waals surface area contributed by atoms with Gasteiger partial charge in [-0.3, -0.25) is 0 Å². The predicted octanol–water partition coefficient (Wildman–Crippen LogP) is 8.41. The van der Waals surface area contributed by atoms with Gasteiger partial charge in [0.25, 0.3) is 0 Å². The molecule has 0 aromatic heterocycles. The molecule has 160 valence electrons. The average Bonchev–Trinajstić information content (AvgIpc) is 3.44. The maximum atomic E-state index is 2.41. The number of hydrogen-bond donors (Lipinski definition) is 0. The highest BCUT2D eigenvalue weighted by Gasteiger charge is 2.27. The Bertz CT molecular complexity index is 1010. The van der Waals surface area contributed by atoms with Crippen molar-refractivity contribution in [1.29, 1.82) is 0 Å². The first-order valence-corrected chi connectivity index (χ1v) is 12.3. The minimum Gasteiger partial charge on any atom is -0.0729 e. The summed E-state index contributed by atoms with van der Waals surface area (Å²) in [4.78, 5) is 0. The predicted molar refractivity (Wildman–Crippen MR) is 133 cm³/mol. The fraction of sp³-hybridized carbons (Fsp3) is 0.419. The summed E-state index contributed by atoms with van der Waals surface area (Å²) in [6, 6.07) is 9.59. The standard InChI is InChI=1S/C31H36/c1-21(2)24-13-15-26(16-14-24)25-11-8-23(9-12-25)20-28-17-18-30(27-10-7-22(3)19-27)31-6-4-5-29(28)31/h4-6,8-12,17-19,21,24,26,31H,7,13-16,20H2,1-3H3. The maximum absolute atomic E-state index is 2.41. The molecule has 0 heterocycles. The molecule has 0 spiro atoms. The molecule has 0 aliphatic heterocycles. The first-order chi connectivity index (χ1) is 15.1. The smallest absolute Gasteiger partial charge is 0.0281 e. The van der Waals surface area contributed by atoms with Crippen LogP contribution in [0, 0.1) is 17.8 Å². The second-order valence-electron chi connectivity index (χ2n) is 10.4. The van der Waals surface area contributed by atoms with Gasteiger partial charge in [-0.15, -0.1) is 0 Å². The Balaban J connectivity index is 1.28. The molecule has 1 aromatic carbocycles. The van der Waals surface area contributed by atoms with Crippen LogP contribution in [0.25, 0.3) is 0 Å². The lowest BCUT2D eigenvalue weighted by atomic mass is 9.74. The van der Waals surface area contributed by atoms with Crippen molar-refractivity contribution in [2.75, 3.05) is 0 Å². The molecule has 0 bridgehead atoms. The zero-order chi connectivity index (χ0) is 21.4. The van der Waals surface area contributed by atoms with Gasteiger partial charge in [0.2, 0.25) is 0 Å². The normalized spacial score (nSPS) is 27.5. The molecule has 4 aliphatic rings. The van der Waals surface area contributed by atoms with E-state index in [0.29, 0.717) is 5.92 Å². The van der Waals surface area contributed by atoms with Gasteiger partial charge in [0.15, 0.2) is 0 Å². The Hall–Kier alpha value is -2.34. The van der Waals surface area contributed by atoms with Gasteiger partial charge in [-0.05, 0) is 96.6 Å². The highest BCUT2D eigenvalue weighted by Crippen LogP contribution is 2.42. The molecule has 0 N–H and O–H groups in total. The molecule has 0 nitrogen and oxygen atoms in total. The first kappa shape index (κ1) is 20.6. The van der Waals surface area contributed by atoms with E-state index in [1.165, 1.54) is 59.1 Å². The highest BCUT2D eigenvalue weighted by molar-refractivity contribution is 5.61. The van der Waals surface area contributed by atoms with Crippen molar-refractivity contribution in [2.45, 2.75) is 65.2 Å². The molecular formula is C31H36. The van der Waals surface area contributed by atoms with Crippen LogP contribution in [0.2, 0.25) is 0 Å². The van der Waals surface area contributed by atoms with Crippen molar-refractivity contribution >= 4 is 0 Å². The Morgan fingerprint density at radius 1 is 0.903 bits per heavy atom. The second kappa shape index (κ2) is 8.65. The molecule has 0 heteroatoms. The number of fused-ring (bicyclic) bond motifs is 1. The molecule has 1 unspecified atom stereocenters. The lowest BCUT2D eigenvalue weighted by molar-refractivity contribution is 0.259. The fourth-order valence-electron chi connectivity index (χ4n) is 5.98. The van der Waals surface area contributed by atoms with Gasteiger partial charge in [-0.25, -0.2) is 0 Å². The summed E-state index contributed by atoms with van der Waals surface area (Å²) in [5.74, 6) is 2.98. The van der Waals surface area contributed by atoms with Crippen LogP contribution < -0.4 is 0 Å². The number of hydrogen-bond acceptors (Lipinski definition) is 0. The molecule has 0 radical (unpaired) electrons. The lowest BCUT2D eigenvalue weighted by Crippen LogP contribution is -2.17. The number of rotatable bonds is 5. The first-order valence-electron chi connectivity index (χ1n) is 12.3. The Kier molecular flexibility index (Phi) is 5.74. The molecule has 0 amide bonds. The van der Waals surface area contributed by atoms with Crippen molar-refractivity contribution in [1.82, 2.24) is 0 Å². The minimum absolute atomic E-state index is 0.434. The van der Waals surface area contributed by atoms with E-state index in [9.17, 15) is 0 Å². The van der Waals surface area contributed by atoms with Gasteiger partial charge >= 0.3 is 0 Å². The van der Waals surface area contributed by atoms with Crippen LogP contribution >= 0.6 is 0 Å². The molecule has 1 atom stereocenters. The second-order valence-corrected chi connectivity index (χ2v) is 10.4. The topological polar surface area (TPSA) is 0 Å². The van der Waals surface area contributed by atoms with Gasteiger partial charge in [0.05, 0.1) is 0 Å². The van der Waals surface area contributed by atoms with Crippen molar-refractivity contribution < 1.29 is 0 Å². The third kappa shape index (κ3) is 4.22. The summed E-state index contributed by atoms with van der Waals surface area (Å²) in [6.07, 6.45) is 24.1. The maximum Gasteiger partial charge on any atom is 0.0281 e. The minimum atomic E-state index is 0.434. The van der Waals surface area contributed by atoms with Crippen LogP contribution in [0.15, 0.2) is 94.7 Å². The molecule has 1 aromatic rings. The highest BCUT2D eigenvalue weighted by atomic mass is 14.3. The third-order valence-corrected chi connectivity index (χ3v) is 8.02. The van der Waals surface area contributed by atoms with Crippen molar-refractivity contribution in [3.63, 3.8) is 0 Å². The van der Waals surface area contributed by atoms with Crippen LogP contribution in [0.4, 0.5) is 0 Å². The van der Waals surface area contributed by atoms with E-state index in [-0.39, 0.29) is 0 Å². The van der Waals surface area contributed by atoms with E-state index in [1.807, 2.05) is 0 Å². The van der Waals surface area contributed by atoms with E-state index in [2.05, 4.69) is 87.6 Å². The third-order valence-electron chi connectivity index (χ3n) is 8.02. The lowest BCUT2D eigenvalue weighted by Gasteiger charge is -2.31. The van der Waals surface area contributed by atoms with Gasteiger partial charge < -0.3 is 0 Å². The number of benzene rings is 1. The molecular weight excluding hydrogens is 372 g/mol. The molecule has 1 saturated carbocycles. The monoisotopic (exact) mass is 408 g/mol. The van der Waals surface area contributed by atoms with Crippen LogP contribution in [-0.4, -0.2) is 0 Å². The van der Waals surface area contributed by atoms with Gasteiger partial charge in [0.1, 0.15) is 0 Å². The summed E-state index contributed by atoms with van der Waals surface area (Å²) >= 11 is 0. The van der Waals surface area contributed by atoms with E-state index < -0.39 is 0 Å². The van der Waals surface area contributed by atoms with Crippen molar-refractivity contribution in [3.05, 3.63) is 106 Å². The van der Waals surface area contributed by atoms with Gasteiger partial charge in [0, 0.05) is 5.92 Å². The molecule has 0 saturated heterocycles. The van der Waals surface area contributed by atoms with Crippen molar-refractivity contribution in [3.8, 4) is 0 Å². The van der Waals surface area contributed by atoms with E-state index in [4.69, 9.17) is 0 Å². The van der Waals surface area contributed by atoms with Gasteiger partial charge in [-0.1, -0.05) is 86.2 Å². The largest absolute Gasteiger partial charge is 0.0729 e. The molecule has 5 rings (SSSR count). The van der Waals surface area contributed by atoms with Crippen LogP contribution in [0.5, 0.6) is 0 Å². The quantitative estimate of drug-likeness (QED) is 0.458. The Labute approximate surface area is 188 Å². The van der Waals surface area contributed by atoms with Crippen LogP contribution in [-0.2, 0) is 6.42 Å². The summed E-state index contributed by atoms with van der Waals surface area (Å²) in [5, 5.41) is 0. The van der Waals surface area contributed by atoms with Crippen molar-refractivity contribution in [2.24, 2.45) is 17.8 Å². The van der Waals surface area contributed by atoms with E-state index >= 15 is 0 Å². The number of allylic oxidation sites excluding steroid dienone is 12. The summed E-state index contributed by atoms with van der Waals surface area (Å²) in [7, 11) is 0. The summed E-state index contributed by atoms with van der Waals surface area (Å²) in [6.45, 7) is 7.01. The Morgan fingerprint density at radius 2 is 1.68 bits per heavy atom. The molecule has 4 aliphatic carbocycles. The summed E-state index contributed by atoms with van der Waals surface area (Å²) < 4.78 is 0. The van der Waals surface area contributed by atoms with Crippen LogP contribution in [0.1, 0.15) is 69.9 Å². The summed E-state index contributed by atoms with van der Waals surface area (Å²) in [5.41, 5.74) is 10.3. The fourth-order valence-corrected chi connectivity index (χ4v) is 5.98. The SMILES string of the molecule is CC1=CC(C2=CC=C(Cc3ccc(C4CCC(C(C)C)CC4)cc3)C3=CC=CC23)=CC1. The zero-order valence-electron chi connectivity index (χ0n) is 19.4. The Morgan fingerprint density at radius 3 is 2.35 bits per heavy atom.